The lowest BCUT2D eigenvalue weighted by molar-refractivity contribution is -0.114. The van der Waals surface area contributed by atoms with Gasteiger partial charge in [-0.15, -0.1) is 0 Å². The molecule has 0 unspecified atom stereocenters. The molecule has 1 saturated carbocycles. The van der Waals surface area contributed by atoms with E-state index in [-0.39, 0.29) is 0 Å². The number of primary amides is 1. The third-order valence-electron chi connectivity index (χ3n) is 2.34. The number of rotatable bonds is 2. The zero-order chi connectivity index (χ0) is 9.03. The van der Waals surface area contributed by atoms with Crippen molar-refractivity contribution in [2.75, 3.05) is 0 Å². The van der Waals surface area contributed by atoms with E-state index in [1.807, 2.05) is 0 Å². The van der Waals surface area contributed by atoms with Gasteiger partial charge in [0, 0.05) is 0 Å². The summed E-state index contributed by atoms with van der Waals surface area (Å²) >= 11 is 0. The van der Waals surface area contributed by atoms with Crippen molar-refractivity contribution in [3.8, 4) is 0 Å². The molecule has 0 radical (unpaired) electrons. The molecule has 4 nitrogen and oxygen atoms in total. The van der Waals surface area contributed by atoms with Gasteiger partial charge in [-0.05, 0) is 12.8 Å². The maximum Gasteiger partial charge on any atom is 0.312 e. The highest BCUT2D eigenvalue weighted by Gasteiger charge is 2.32. The Morgan fingerprint density at radius 1 is 1.33 bits per heavy atom. The van der Waals surface area contributed by atoms with Gasteiger partial charge in [0.1, 0.15) is 6.29 Å². The molecule has 12 heavy (non-hydrogen) atoms. The van der Waals surface area contributed by atoms with Gasteiger partial charge in [0.25, 0.3) is 0 Å². The summed E-state index contributed by atoms with van der Waals surface area (Å²) in [6, 6.07) is -0.607. The van der Waals surface area contributed by atoms with E-state index in [2.05, 4.69) is 5.32 Å². The van der Waals surface area contributed by atoms with Crippen LogP contribution in [0.1, 0.15) is 32.1 Å². The number of urea groups is 1. The van der Waals surface area contributed by atoms with Gasteiger partial charge in [-0.1, -0.05) is 19.3 Å². The van der Waals surface area contributed by atoms with E-state index in [9.17, 15) is 9.59 Å². The summed E-state index contributed by atoms with van der Waals surface area (Å²) in [5.41, 5.74) is 4.31. The summed E-state index contributed by atoms with van der Waals surface area (Å²) in [4.78, 5) is 21.3. The quantitative estimate of drug-likeness (QED) is 0.594. The van der Waals surface area contributed by atoms with Crippen LogP contribution < -0.4 is 11.1 Å². The normalized spacial score (nSPS) is 21.3. The molecule has 4 heteroatoms. The van der Waals surface area contributed by atoms with Crippen LogP contribution in [0.3, 0.4) is 0 Å². The number of nitrogens with two attached hydrogens (primary N) is 1. The molecule has 1 aliphatic rings. The van der Waals surface area contributed by atoms with Gasteiger partial charge in [0.2, 0.25) is 0 Å². The molecule has 0 aromatic heterocycles. The molecule has 0 aromatic carbocycles. The number of hydrogen-bond acceptors (Lipinski definition) is 2. The van der Waals surface area contributed by atoms with Crippen LogP contribution in [0.5, 0.6) is 0 Å². The molecule has 0 saturated heterocycles. The maximum atomic E-state index is 10.7. The van der Waals surface area contributed by atoms with E-state index >= 15 is 0 Å². The highest BCUT2D eigenvalue weighted by Crippen LogP contribution is 2.25. The van der Waals surface area contributed by atoms with Crippen LogP contribution in [0.25, 0.3) is 0 Å². The van der Waals surface area contributed by atoms with Crippen LogP contribution in [0, 0.1) is 0 Å². The smallest absolute Gasteiger partial charge is 0.312 e. The fourth-order valence-corrected chi connectivity index (χ4v) is 1.70. The van der Waals surface area contributed by atoms with Crippen LogP contribution in [0.2, 0.25) is 0 Å². The van der Waals surface area contributed by atoms with Crippen molar-refractivity contribution in [1.82, 2.24) is 5.32 Å². The lowest BCUT2D eigenvalue weighted by atomic mass is 9.83. The zero-order valence-corrected chi connectivity index (χ0v) is 7.01. The number of hydrogen-bond donors (Lipinski definition) is 2. The zero-order valence-electron chi connectivity index (χ0n) is 7.01. The third kappa shape index (κ3) is 1.96. The van der Waals surface area contributed by atoms with Gasteiger partial charge in [0.15, 0.2) is 0 Å². The molecular weight excluding hydrogens is 156 g/mol. The van der Waals surface area contributed by atoms with Crippen molar-refractivity contribution in [2.24, 2.45) is 5.73 Å². The first-order valence-corrected chi connectivity index (χ1v) is 4.22. The minimum absolute atomic E-state index is 0.607. The summed E-state index contributed by atoms with van der Waals surface area (Å²) in [6.45, 7) is 0. The molecule has 3 N–H and O–H groups in total. The third-order valence-corrected chi connectivity index (χ3v) is 2.34. The SMILES string of the molecule is NC(=O)NC1(C=O)CCCCC1. The minimum atomic E-state index is -0.663. The molecule has 68 valence electrons. The number of aldehydes is 1. The Bertz CT molecular complexity index is 185. The Labute approximate surface area is 71.5 Å². The van der Waals surface area contributed by atoms with E-state index in [4.69, 9.17) is 5.73 Å². The van der Waals surface area contributed by atoms with Gasteiger partial charge in [0.05, 0.1) is 5.54 Å². The lowest BCUT2D eigenvalue weighted by Gasteiger charge is -2.31. The van der Waals surface area contributed by atoms with Crippen LogP contribution >= 0.6 is 0 Å². The molecule has 0 bridgehead atoms. The Morgan fingerprint density at radius 2 is 1.92 bits per heavy atom. The van der Waals surface area contributed by atoms with Gasteiger partial charge in [-0.3, -0.25) is 0 Å². The summed E-state index contributed by atoms with van der Waals surface area (Å²) in [5, 5.41) is 2.52. The van der Waals surface area contributed by atoms with E-state index in [1.165, 1.54) is 0 Å². The highest BCUT2D eigenvalue weighted by atomic mass is 16.2. The first kappa shape index (κ1) is 9.03. The summed E-state index contributed by atoms with van der Waals surface area (Å²) in [5.74, 6) is 0. The fraction of sp³-hybridized carbons (Fsp3) is 0.750. The van der Waals surface area contributed by atoms with Crippen molar-refractivity contribution in [3.63, 3.8) is 0 Å². The Balaban J connectivity index is 2.59. The van der Waals surface area contributed by atoms with Crippen molar-refractivity contribution in [1.29, 1.82) is 0 Å². The number of amides is 2. The monoisotopic (exact) mass is 170 g/mol. The minimum Gasteiger partial charge on any atom is -0.352 e. The molecule has 1 rings (SSSR count). The average Bonchev–Trinajstić information content (AvgIpc) is 2.05. The lowest BCUT2D eigenvalue weighted by Crippen LogP contribution is -2.52. The van der Waals surface area contributed by atoms with Gasteiger partial charge in [-0.25, -0.2) is 4.79 Å². The van der Waals surface area contributed by atoms with E-state index in [1.54, 1.807) is 0 Å². The standard InChI is InChI=1S/C8H14N2O2/c9-7(12)10-8(6-11)4-2-1-3-5-8/h6H,1-5H2,(H3,9,10,12). The second kappa shape index (κ2) is 3.56. The predicted molar refractivity (Wildman–Crippen MR) is 44.6 cm³/mol. The number of carbonyl (C=O) groups excluding carboxylic acids is 2. The fourth-order valence-electron chi connectivity index (χ4n) is 1.70. The molecule has 1 aliphatic carbocycles. The van der Waals surface area contributed by atoms with E-state index in [0.717, 1.165) is 38.4 Å². The van der Waals surface area contributed by atoms with Crippen LogP contribution in [0.15, 0.2) is 0 Å². The van der Waals surface area contributed by atoms with Crippen LogP contribution in [-0.4, -0.2) is 17.9 Å². The largest absolute Gasteiger partial charge is 0.352 e. The van der Waals surface area contributed by atoms with Gasteiger partial charge < -0.3 is 15.8 Å². The van der Waals surface area contributed by atoms with E-state index < -0.39 is 11.6 Å². The molecular formula is C8H14N2O2. The molecule has 2 amide bonds. The first-order chi connectivity index (χ1) is 5.68. The molecule has 0 spiro atoms. The molecule has 0 aliphatic heterocycles. The van der Waals surface area contributed by atoms with Crippen molar-refractivity contribution in [3.05, 3.63) is 0 Å². The Hall–Kier alpha value is -1.06. The van der Waals surface area contributed by atoms with Crippen LogP contribution in [0.4, 0.5) is 4.79 Å². The van der Waals surface area contributed by atoms with Crippen molar-refractivity contribution in [2.45, 2.75) is 37.6 Å². The predicted octanol–water partition coefficient (Wildman–Crippen LogP) is 0.556. The molecule has 1 fully saturated rings. The second-order valence-electron chi connectivity index (χ2n) is 3.32. The average molecular weight is 170 g/mol. The molecule has 0 atom stereocenters. The van der Waals surface area contributed by atoms with Crippen molar-refractivity contribution >= 4 is 12.3 Å². The Morgan fingerprint density at radius 3 is 2.33 bits per heavy atom. The second-order valence-corrected chi connectivity index (χ2v) is 3.32. The molecule has 0 aromatic rings. The number of nitrogens with one attached hydrogen (secondary N) is 1. The van der Waals surface area contributed by atoms with Gasteiger partial charge >= 0.3 is 6.03 Å². The van der Waals surface area contributed by atoms with E-state index in [0.29, 0.717) is 0 Å². The number of carbonyl (C=O) groups is 2. The summed E-state index contributed by atoms with van der Waals surface area (Å²) < 4.78 is 0. The molecule has 0 heterocycles. The summed E-state index contributed by atoms with van der Waals surface area (Å²) in [6.07, 6.45) is 5.36. The topological polar surface area (TPSA) is 72.2 Å². The summed E-state index contributed by atoms with van der Waals surface area (Å²) in [7, 11) is 0. The van der Waals surface area contributed by atoms with Crippen LogP contribution in [-0.2, 0) is 4.79 Å². The maximum absolute atomic E-state index is 10.7. The van der Waals surface area contributed by atoms with Crippen molar-refractivity contribution < 1.29 is 9.59 Å². The highest BCUT2D eigenvalue weighted by molar-refractivity contribution is 5.79. The first-order valence-electron chi connectivity index (χ1n) is 4.22. The van der Waals surface area contributed by atoms with Gasteiger partial charge in [-0.2, -0.15) is 0 Å². The Kier molecular flexibility index (Phi) is 2.68.